The van der Waals surface area contributed by atoms with E-state index >= 15 is 0 Å². The van der Waals surface area contributed by atoms with Crippen molar-refractivity contribution in [3.8, 4) is 17.2 Å². The number of hydrogen-bond donors (Lipinski definition) is 2. The third-order valence-electron chi connectivity index (χ3n) is 3.96. The summed E-state index contributed by atoms with van der Waals surface area (Å²) < 4.78 is 22.6. The summed E-state index contributed by atoms with van der Waals surface area (Å²) >= 11 is 0. The third kappa shape index (κ3) is 3.25. The molecule has 2 atom stereocenters. The Kier molecular flexibility index (Phi) is 4.04. The fourth-order valence-corrected chi connectivity index (χ4v) is 2.77. The molecule has 0 aliphatic carbocycles. The van der Waals surface area contributed by atoms with Gasteiger partial charge in [-0.15, -0.1) is 0 Å². The molecule has 1 aromatic carbocycles. The van der Waals surface area contributed by atoms with Crippen LogP contribution in [-0.2, 0) is 11.3 Å². The molecule has 3 heterocycles. The van der Waals surface area contributed by atoms with Crippen LogP contribution in [0.25, 0.3) is 0 Å². The maximum atomic E-state index is 5.88. The van der Waals surface area contributed by atoms with Crippen LogP contribution in [0, 0.1) is 0 Å². The van der Waals surface area contributed by atoms with Gasteiger partial charge >= 0.3 is 0 Å². The van der Waals surface area contributed by atoms with Gasteiger partial charge in [0.2, 0.25) is 0 Å². The average molecular weight is 317 g/mol. The van der Waals surface area contributed by atoms with E-state index in [0.29, 0.717) is 26.4 Å². The highest BCUT2D eigenvalue weighted by Crippen LogP contribution is 2.30. The minimum atomic E-state index is -0.0233. The van der Waals surface area contributed by atoms with E-state index in [0.717, 1.165) is 29.4 Å². The van der Waals surface area contributed by atoms with E-state index < -0.39 is 0 Å². The highest BCUT2D eigenvalue weighted by Gasteiger charge is 2.30. The lowest BCUT2D eigenvalue weighted by atomic mass is 10.1. The van der Waals surface area contributed by atoms with Gasteiger partial charge in [0, 0.05) is 6.54 Å². The van der Waals surface area contributed by atoms with Gasteiger partial charge in [-0.1, -0.05) is 6.07 Å². The van der Waals surface area contributed by atoms with E-state index in [1.165, 1.54) is 0 Å². The Morgan fingerprint density at radius 3 is 3.00 bits per heavy atom. The second kappa shape index (κ2) is 6.47. The van der Waals surface area contributed by atoms with Crippen LogP contribution in [-0.4, -0.2) is 48.8 Å². The fourth-order valence-electron chi connectivity index (χ4n) is 2.77. The monoisotopic (exact) mass is 317 g/mol. The van der Waals surface area contributed by atoms with Crippen LogP contribution in [0.15, 0.2) is 30.6 Å². The Labute approximate surface area is 133 Å². The van der Waals surface area contributed by atoms with Gasteiger partial charge in [-0.3, -0.25) is 5.10 Å². The maximum Gasteiger partial charge on any atom is 0.161 e. The normalized spacial score (nSPS) is 23.0. The molecule has 1 fully saturated rings. The predicted octanol–water partition coefficient (Wildman–Crippen LogP) is 1.12. The Balaban J connectivity index is 1.36. The van der Waals surface area contributed by atoms with E-state index in [-0.39, 0.29) is 12.1 Å². The van der Waals surface area contributed by atoms with Crippen molar-refractivity contribution in [2.45, 2.75) is 18.7 Å². The molecule has 7 nitrogen and oxygen atoms in total. The number of aromatic nitrogens is 2. The van der Waals surface area contributed by atoms with Crippen molar-refractivity contribution in [1.82, 2.24) is 15.5 Å². The van der Waals surface area contributed by atoms with Gasteiger partial charge < -0.3 is 24.3 Å². The lowest BCUT2D eigenvalue weighted by Gasteiger charge is -2.21. The lowest BCUT2D eigenvalue weighted by molar-refractivity contribution is 0.139. The van der Waals surface area contributed by atoms with Crippen LogP contribution in [0.3, 0.4) is 0 Å². The summed E-state index contributed by atoms with van der Waals surface area (Å²) in [6.45, 7) is 3.13. The Morgan fingerprint density at radius 2 is 2.13 bits per heavy atom. The van der Waals surface area contributed by atoms with Gasteiger partial charge in [-0.25, -0.2) is 0 Å². The van der Waals surface area contributed by atoms with Crippen LogP contribution >= 0.6 is 0 Å². The first-order valence-electron chi connectivity index (χ1n) is 7.73. The average Bonchev–Trinajstić information content (AvgIpc) is 3.25. The molecule has 2 aliphatic heterocycles. The van der Waals surface area contributed by atoms with Crippen molar-refractivity contribution in [2.24, 2.45) is 0 Å². The van der Waals surface area contributed by atoms with E-state index in [1.54, 1.807) is 12.4 Å². The molecule has 2 aromatic rings. The zero-order valence-corrected chi connectivity index (χ0v) is 12.7. The van der Waals surface area contributed by atoms with Gasteiger partial charge in [-0.05, 0) is 17.7 Å². The number of H-pyrrole nitrogens is 1. The number of aromatic amines is 1. The molecule has 0 unspecified atom stereocenters. The number of ether oxygens (including phenoxy) is 4. The van der Waals surface area contributed by atoms with Crippen molar-refractivity contribution in [1.29, 1.82) is 0 Å². The number of nitrogens with zero attached hydrogens (tertiary/aromatic N) is 1. The van der Waals surface area contributed by atoms with Crippen molar-refractivity contribution >= 4 is 0 Å². The summed E-state index contributed by atoms with van der Waals surface area (Å²) in [5.74, 6) is 2.35. The highest BCUT2D eigenvalue weighted by atomic mass is 16.6. The Morgan fingerprint density at radius 1 is 1.22 bits per heavy atom. The summed E-state index contributed by atoms with van der Waals surface area (Å²) in [6, 6.07) is 6.15. The predicted molar refractivity (Wildman–Crippen MR) is 81.9 cm³/mol. The third-order valence-corrected chi connectivity index (χ3v) is 3.96. The van der Waals surface area contributed by atoms with E-state index in [2.05, 4.69) is 15.5 Å². The van der Waals surface area contributed by atoms with Crippen LogP contribution in [0.2, 0.25) is 0 Å². The molecular formula is C16H19N3O4. The van der Waals surface area contributed by atoms with Gasteiger partial charge in [-0.2, -0.15) is 5.10 Å². The first-order valence-corrected chi connectivity index (χ1v) is 7.73. The topological polar surface area (TPSA) is 77.6 Å². The van der Waals surface area contributed by atoms with Gasteiger partial charge in [0.05, 0.1) is 31.6 Å². The first kappa shape index (κ1) is 14.3. The largest absolute Gasteiger partial charge is 0.486 e. The smallest absolute Gasteiger partial charge is 0.161 e. The summed E-state index contributed by atoms with van der Waals surface area (Å²) in [5, 5.41) is 10.1. The molecule has 23 heavy (non-hydrogen) atoms. The molecule has 0 amide bonds. The van der Waals surface area contributed by atoms with Gasteiger partial charge in [0.25, 0.3) is 0 Å². The molecule has 7 heteroatoms. The quantitative estimate of drug-likeness (QED) is 0.860. The molecule has 1 saturated heterocycles. The van der Waals surface area contributed by atoms with Gasteiger partial charge in [0.1, 0.15) is 19.3 Å². The second-order valence-electron chi connectivity index (χ2n) is 5.59. The van der Waals surface area contributed by atoms with Gasteiger partial charge in [0.15, 0.2) is 17.2 Å². The van der Waals surface area contributed by atoms with Crippen molar-refractivity contribution < 1.29 is 18.9 Å². The molecule has 0 bridgehead atoms. The molecule has 0 spiro atoms. The van der Waals surface area contributed by atoms with Crippen LogP contribution in [0.5, 0.6) is 17.2 Å². The summed E-state index contributed by atoms with van der Waals surface area (Å²) in [6.07, 6.45) is 3.37. The van der Waals surface area contributed by atoms with Crippen molar-refractivity contribution in [3.63, 3.8) is 0 Å². The second-order valence-corrected chi connectivity index (χ2v) is 5.59. The first-order chi connectivity index (χ1) is 11.4. The number of rotatable bonds is 5. The maximum absolute atomic E-state index is 5.88. The molecule has 122 valence electrons. The summed E-state index contributed by atoms with van der Waals surface area (Å²) in [7, 11) is 0. The SMILES string of the molecule is c1cc2c(cc1CN[C@H]1COC[C@H]1Oc1cn[nH]c1)OCCO2. The number of nitrogens with one attached hydrogen (secondary N) is 2. The zero-order valence-electron chi connectivity index (χ0n) is 12.7. The Hall–Kier alpha value is -2.25. The molecule has 2 N–H and O–H groups in total. The van der Waals surface area contributed by atoms with E-state index in [9.17, 15) is 0 Å². The molecule has 0 radical (unpaired) electrons. The minimum Gasteiger partial charge on any atom is -0.486 e. The fraction of sp³-hybridized carbons (Fsp3) is 0.438. The van der Waals surface area contributed by atoms with E-state index in [1.807, 2.05) is 18.2 Å². The number of fused-ring (bicyclic) bond motifs is 1. The van der Waals surface area contributed by atoms with Crippen molar-refractivity contribution in [2.75, 3.05) is 26.4 Å². The molecule has 1 aromatic heterocycles. The standard InChI is InChI=1S/C16H19N3O4/c1-2-14-15(22-4-3-21-14)5-11(1)6-17-13-9-20-10-16(13)23-12-7-18-19-8-12/h1-2,5,7-8,13,16-17H,3-4,6,9-10H2,(H,18,19)/t13-,16+/m0/s1. The summed E-state index contributed by atoms with van der Waals surface area (Å²) in [4.78, 5) is 0. The van der Waals surface area contributed by atoms with E-state index in [4.69, 9.17) is 18.9 Å². The lowest BCUT2D eigenvalue weighted by Crippen LogP contribution is -2.41. The number of hydrogen-bond acceptors (Lipinski definition) is 6. The molecular weight excluding hydrogens is 298 g/mol. The van der Waals surface area contributed by atoms with Crippen molar-refractivity contribution in [3.05, 3.63) is 36.2 Å². The van der Waals surface area contributed by atoms with Crippen LogP contribution < -0.4 is 19.5 Å². The Bertz CT molecular complexity index is 647. The highest BCUT2D eigenvalue weighted by molar-refractivity contribution is 5.43. The molecule has 2 aliphatic rings. The zero-order chi connectivity index (χ0) is 15.5. The van der Waals surface area contributed by atoms with Crippen LogP contribution in [0.4, 0.5) is 0 Å². The molecule has 4 rings (SSSR count). The number of benzene rings is 1. The van der Waals surface area contributed by atoms with Crippen LogP contribution in [0.1, 0.15) is 5.56 Å². The summed E-state index contributed by atoms with van der Waals surface area (Å²) in [5.41, 5.74) is 1.14. The molecule has 0 saturated carbocycles. The minimum absolute atomic E-state index is 0.0233.